The molecule has 1 N–H and O–H groups in total. The van der Waals surface area contributed by atoms with Crippen LogP contribution >= 0.6 is 0 Å². The highest BCUT2D eigenvalue weighted by Crippen LogP contribution is 2.13. The largest absolute Gasteiger partial charge is 0.433 e. The normalized spacial score (nSPS) is 12.1. The van der Waals surface area contributed by atoms with Gasteiger partial charge < -0.3 is 9.84 Å². The summed E-state index contributed by atoms with van der Waals surface area (Å²) in [7, 11) is 0. The third-order valence-corrected chi connectivity index (χ3v) is 3.65. The van der Waals surface area contributed by atoms with Crippen molar-refractivity contribution in [2.45, 2.75) is 97.2 Å². The van der Waals surface area contributed by atoms with E-state index in [0.29, 0.717) is 12.0 Å². The lowest BCUT2D eigenvalue weighted by Gasteiger charge is -2.11. The van der Waals surface area contributed by atoms with E-state index in [4.69, 9.17) is 4.74 Å². The Kier molecular flexibility index (Phi) is 13.6. The molecule has 0 aliphatic carbocycles. The smallest absolute Gasteiger partial charge is 0.335 e. The maximum Gasteiger partial charge on any atom is 0.335 e. The molecule has 0 radical (unpaired) electrons. The van der Waals surface area contributed by atoms with Gasteiger partial charge in [0.25, 0.3) is 0 Å². The molecule has 21 heavy (non-hydrogen) atoms. The van der Waals surface area contributed by atoms with Crippen LogP contribution in [0.25, 0.3) is 0 Å². The lowest BCUT2D eigenvalue weighted by molar-refractivity contribution is -0.163. The van der Waals surface area contributed by atoms with Crippen LogP contribution in [-0.4, -0.2) is 17.4 Å². The van der Waals surface area contributed by atoms with Crippen molar-refractivity contribution in [1.82, 2.24) is 0 Å². The molecule has 1 atom stereocenters. The van der Waals surface area contributed by atoms with Gasteiger partial charge in [-0.3, -0.25) is 0 Å². The number of aliphatic hydroxyl groups excluding tert-OH is 1. The number of hydrogen-bond donors (Lipinski definition) is 1. The minimum Gasteiger partial charge on any atom is -0.433 e. The van der Waals surface area contributed by atoms with Gasteiger partial charge in [0.1, 0.15) is 0 Å². The van der Waals surface area contributed by atoms with Gasteiger partial charge in [-0.25, -0.2) is 4.79 Å². The number of rotatable bonds is 14. The summed E-state index contributed by atoms with van der Waals surface area (Å²) in [6.07, 6.45) is 13.5. The standard InChI is InChI=1S/C18H34O3/c1-4-5-6-7-8-9-10-11-12-13-14-15-17(19)21-18(20)16(2)3/h17,19H,2,4-15H2,1,3H3. The first-order chi connectivity index (χ1) is 10.1. The van der Waals surface area contributed by atoms with Crippen molar-refractivity contribution in [3.8, 4) is 0 Å². The molecule has 0 aromatic rings. The molecular weight excluding hydrogens is 264 g/mol. The van der Waals surface area contributed by atoms with Gasteiger partial charge in [0, 0.05) is 12.0 Å². The highest BCUT2D eigenvalue weighted by atomic mass is 16.6. The van der Waals surface area contributed by atoms with Crippen LogP contribution in [0.2, 0.25) is 0 Å². The molecule has 0 rings (SSSR count). The van der Waals surface area contributed by atoms with Crippen LogP contribution in [-0.2, 0) is 9.53 Å². The fourth-order valence-electron chi connectivity index (χ4n) is 2.27. The quantitative estimate of drug-likeness (QED) is 0.209. The molecule has 0 fully saturated rings. The summed E-state index contributed by atoms with van der Waals surface area (Å²) in [5.74, 6) is -0.509. The molecule has 1 unspecified atom stereocenters. The van der Waals surface area contributed by atoms with Gasteiger partial charge in [-0.15, -0.1) is 0 Å². The first-order valence-corrected chi connectivity index (χ1v) is 8.62. The fourth-order valence-corrected chi connectivity index (χ4v) is 2.27. The summed E-state index contributed by atoms with van der Waals surface area (Å²) in [5, 5.41) is 9.53. The summed E-state index contributed by atoms with van der Waals surface area (Å²) in [5.41, 5.74) is 0.327. The number of carbonyl (C=O) groups is 1. The van der Waals surface area contributed by atoms with Crippen molar-refractivity contribution < 1.29 is 14.6 Å². The van der Waals surface area contributed by atoms with Crippen LogP contribution < -0.4 is 0 Å². The Morgan fingerprint density at radius 3 is 1.81 bits per heavy atom. The number of carbonyl (C=O) groups excluding carboxylic acids is 1. The van der Waals surface area contributed by atoms with Gasteiger partial charge in [-0.1, -0.05) is 77.7 Å². The van der Waals surface area contributed by atoms with Gasteiger partial charge in [-0.2, -0.15) is 0 Å². The number of ether oxygens (including phenoxy) is 1. The van der Waals surface area contributed by atoms with Gasteiger partial charge in [0.15, 0.2) is 0 Å². The number of esters is 1. The van der Waals surface area contributed by atoms with Crippen LogP contribution in [0.5, 0.6) is 0 Å². The molecule has 0 spiro atoms. The van der Waals surface area contributed by atoms with Crippen LogP contribution in [0.3, 0.4) is 0 Å². The molecule has 0 bridgehead atoms. The second-order valence-electron chi connectivity index (χ2n) is 5.96. The number of hydrogen-bond acceptors (Lipinski definition) is 3. The van der Waals surface area contributed by atoms with E-state index in [-0.39, 0.29) is 0 Å². The van der Waals surface area contributed by atoms with Crippen molar-refractivity contribution in [3.05, 3.63) is 12.2 Å². The van der Waals surface area contributed by atoms with E-state index in [1.807, 2.05) is 0 Å². The van der Waals surface area contributed by atoms with Gasteiger partial charge >= 0.3 is 5.97 Å². The summed E-state index contributed by atoms with van der Waals surface area (Å²) in [6.45, 7) is 7.31. The van der Waals surface area contributed by atoms with E-state index < -0.39 is 12.3 Å². The van der Waals surface area contributed by atoms with Gasteiger partial charge in [0.05, 0.1) is 0 Å². The summed E-state index contributed by atoms with van der Waals surface area (Å²) < 4.78 is 4.82. The predicted octanol–water partition coefficient (Wildman–Crippen LogP) is 5.13. The minimum atomic E-state index is -0.979. The lowest BCUT2D eigenvalue weighted by atomic mass is 10.1. The lowest BCUT2D eigenvalue weighted by Crippen LogP contribution is -2.17. The van der Waals surface area contributed by atoms with Crippen molar-refractivity contribution >= 4 is 5.97 Å². The maximum atomic E-state index is 11.2. The Morgan fingerprint density at radius 1 is 0.952 bits per heavy atom. The van der Waals surface area contributed by atoms with Gasteiger partial charge in [0.2, 0.25) is 6.29 Å². The Labute approximate surface area is 130 Å². The van der Waals surface area contributed by atoms with Crippen LogP contribution in [0.15, 0.2) is 12.2 Å². The van der Waals surface area contributed by atoms with Crippen molar-refractivity contribution in [2.75, 3.05) is 0 Å². The van der Waals surface area contributed by atoms with Crippen molar-refractivity contribution in [3.63, 3.8) is 0 Å². The Hall–Kier alpha value is -0.830. The van der Waals surface area contributed by atoms with Crippen LogP contribution in [0, 0.1) is 0 Å². The highest BCUT2D eigenvalue weighted by molar-refractivity contribution is 5.86. The third-order valence-electron chi connectivity index (χ3n) is 3.65. The summed E-state index contributed by atoms with van der Waals surface area (Å²) in [4.78, 5) is 11.2. The molecular formula is C18H34O3. The zero-order valence-electron chi connectivity index (χ0n) is 14.0. The second kappa shape index (κ2) is 14.1. The first kappa shape index (κ1) is 20.2. The third kappa shape index (κ3) is 13.9. The Balaban J connectivity index is 3.25. The average molecular weight is 298 g/mol. The minimum absolute atomic E-state index is 0.327. The summed E-state index contributed by atoms with van der Waals surface area (Å²) >= 11 is 0. The maximum absolute atomic E-state index is 11.2. The van der Waals surface area contributed by atoms with Crippen molar-refractivity contribution in [1.29, 1.82) is 0 Å². The molecule has 0 amide bonds. The molecule has 0 saturated heterocycles. The van der Waals surface area contributed by atoms with E-state index in [1.54, 1.807) is 6.92 Å². The molecule has 0 heterocycles. The van der Waals surface area contributed by atoms with Gasteiger partial charge in [-0.05, 0) is 13.3 Å². The van der Waals surface area contributed by atoms with E-state index in [9.17, 15) is 9.90 Å². The number of unbranched alkanes of at least 4 members (excludes halogenated alkanes) is 10. The van der Waals surface area contributed by atoms with E-state index >= 15 is 0 Å². The topological polar surface area (TPSA) is 46.5 Å². The monoisotopic (exact) mass is 298 g/mol. The zero-order valence-corrected chi connectivity index (χ0v) is 14.0. The van der Waals surface area contributed by atoms with Crippen LogP contribution in [0.1, 0.15) is 90.9 Å². The second-order valence-corrected chi connectivity index (χ2v) is 5.96. The molecule has 0 aliphatic heterocycles. The molecule has 0 aliphatic rings. The fraction of sp³-hybridized carbons (Fsp3) is 0.833. The molecule has 3 nitrogen and oxygen atoms in total. The van der Waals surface area contributed by atoms with E-state index in [2.05, 4.69) is 13.5 Å². The molecule has 0 aromatic heterocycles. The molecule has 3 heteroatoms. The molecule has 124 valence electrons. The van der Waals surface area contributed by atoms with E-state index in [0.717, 1.165) is 12.8 Å². The Morgan fingerprint density at radius 2 is 1.38 bits per heavy atom. The van der Waals surface area contributed by atoms with Crippen molar-refractivity contribution in [2.24, 2.45) is 0 Å². The molecule has 0 aromatic carbocycles. The molecule has 0 saturated carbocycles. The van der Waals surface area contributed by atoms with E-state index in [1.165, 1.54) is 57.8 Å². The van der Waals surface area contributed by atoms with Crippen LogP contribution in [0.4, 0.5) is 0 Å². The summed E-state index contributed by atoms with van der Waals surface area (Å²) in [6, 6.07) is 0. The highest BCUT2D eigenvalue weighted by Gasteiger charge is 2.10. The first-order valence-electron chi connectivity index (χ1n) is 8.62. The Bertz CT molecular complexity index is 274. The number of aliphatic hydroxyl groups is 1. The average Bonchev–Trinajstić information content (AvgIpc) is 2.44. The predicted molar refractivity (Wildman–Crippen MR) is 88.0 cm³/mol. The SMILES string of the molecule is C=C(C)C(=O)OC(O)CCCCCCCCCCCCC. The zero-order chi connectivity index (χ0) is 15.9.